The summed E-state index contributed by atoms with van der Waals surface area (Å²) in [6.07, 6.45) is 2.72. The lowest BCUT2D eigenvalue weighted by Gasteiger charge is -2.37. The predicted octanol–water partition coefficient (Wildman–Crippen LogP) is 2.25. The Morgan fingerprint density at radius 2 is 2.24 bits per heavy atom. The van der Waals surface area contributed by atoms with Crippen LogP contribution >= 0.6 is 0 Å². The van der Waals surface area contributed by atoms with Gasteiger partial charge in [0.1, 0.15) is 11.3 Å². The van der Waals surface area contributed by atoms with Crippen LogP contribution in [0.25, 0.3) is 11.5 Å². The number of hydrogen-bond donors (Lipinski definition) is 1. The van der Waals surface area contributed by atoms with Crippen LogP contribution in [-0.4, -0.2) is 22.2 Å². The van der Waals surface area contributed by atoms with E-state index in [1.165, 1.54) is 12.1 Å². The maximum absolute atomic E-state index is 10.9. The normalized spacial score (nSPS) is 16.4. The molecule has 0 spiro atoms. The van der Waals surface area contributed by atoms with E-state index in [-0.39, 0.29) is 17.3 Å². The monoisotopic (exact) mass is 290 g/mol. The molecule has 1 heterocycles. The van der Waals surface area contributed by atoms with Crippen molar-refractivity contribution in [2.24, 2.45) is 0 Å². The summed E-state index contributed by atoms with van der Waals surface area (Å²) < 4.78 is 10.7. The first kappa shape index (κ1) is 13.5. The summed E-state index contributed by atoms with van der Waals surface area (Å²) >= 11 is 0. The van der Waals surface area contributed by atoms with Crippen molar-refractivity contribution in [2.45, 2.75) is 24.9 Å². The van der Waals surface area contributed by atoms with Gasteiger partial charge in [0, 0.05) is 18.7 Å². The van der Waals surface area contributed by atoms with Crippen molar-refractivity contribution >= 4 is 11.4 Å². The lowest BCUT2D eigenvalue weighted by Crippen LogP contribution is -2.37. The van der Waals surface area contributed by atoms with Crippen LogP contribution in [0.2, 0.25) is 0 Å². The summed E-state index contributed by atoms with van der Waals surface area (Å²) in [6.45, 7) is 0. The molecule has 2 N–H and O–H groups in total. The van der Waals surface area contributed by atoms with Gasteiger partial charge in [-0.2, -0.15) is 4.98 Å². The SMILES string of the molecule is COC1(c2noc(-c3ccc(N)c([N+](=O)[O-])c3)n2)CCC1. The quantitative estimate of drug-likeness (QED) is 0.521. The standard InChI is InChI=1S/C13H14N4O4/c1-20-13(5-2-6-13)12-15-11(21-16-12)8-3-4-9(14)10(7-8)17(18)19/h3-4,7H,2,5-6,14H2,1H3. The molecule has 8 nitrogen and oxygen atoms in total. The van der Waals surface area contributed by atoms with Gasteiger partial charge < -0.3 is 15.0 Å². The van der Waals surface area contributed by atoms with Crippen LogP contribution in [0.5, 0.6) is 0 Å². The molecule has 2 aromatic rings. The zero-order valence-electron chi connectivity index (χ0n) is 11.4. The number of benzene rings is 1. The molecule has 0 aliphatic heterocycles. The third-order valence-corrected chi connectivity index (χ3v) is 3.86. The first-order valence-electron chi connectivity index (χ1n) is 6.49. The summed E-state index contributed by atoms with van der Waals surface area (Å²) in [6, 6.07) is 4.39. The van der Waals surface area contributed by atoms with Crippen LogP contribution in [0.1, 0.15) is 25.1 Å². The van der Waals surface area contributed by atoms with Gasteiger partial charge in [-0.25, -0.2) is 0 Å². The maximum atomic E-state index is 10.9. The molecule has 0 unspecified atom stereocenters. The average molecular weight is 290 g/mol. The summed E-state index contributed by atoms with van der Waals surface area (Å²) in [7, 11) is 1.61. The number of hydrogen-bond acceptors (Lipinski definition) is 7. The Kier molecular flexibility index (Phi) is 3.09. The van der Waals surface area contributed by atoms with Crippen LogP contribution in [0, 0.1) is 10.1 Å². The van der Waals surface area contributed by atoms with E-state index in [1.807, 2.05) is 0 Å². The second-order valence-electron chi connectivity index (χ2n) is 5.01. The minimum atomic E-state index is -0.543. The Labute approximate surface area is 120 Å². The number of nitro benzene ring substituents is 1. The number of methoxy groups -OCH3 is 1. The molecule has 1 aromatic carbocycles. The second-order valence-corrected chi connectivity index (χ2v) is 5.01. The zero-order chi connectivity index (χ0) is 15.0. The lowest BCUT2D eigenvalue weighted by atomic mass is 9.79. The second kappa shape index (κ2) is 4.81. The third-order valence-electron chi connectivity index (χ3n) is 3.86. The Hall–Kier alpha value is -2.48. The first-order chi connectivity index (χ1) is 10.1. The van der Waals surface area contributed by atoms with E-state index in [9.17, 15) is 10.1 Å². The van der Waals surface area contributed by atoms with Gasteiger partial charge in [0.25, 0.3) is 11.6 Å². The van der Waals surface area contributed by atoms with E-state index in [4.69, 9.17) is 15.0 Å². The topological polar surface area (TPSA) is 117 Å². The van der Waals surface area contributed by atoms with Crippen molar-refractivity contribution in [1.29, 1.82) is 0 Å². The summed E-state index contributed by atoms with van der Waals surface area (Å²) in [5.74, 6) is 0.696. The molecule has 0 saturated heterocycles. The van der Waals surface area contributed by atoms with Crippen LogP contribution in [-0.2, 0) is 10.3 Å². The smallest absolute Gasteiger partial charge is 0.292 e. The molecule has 1 aliphatic rings. The van der Waals surface area contributed by atoms with Crippen molar-refractivity contribution in [2.75, 3.05) is 12.8 Å². The Balaban J connectivity index is 1.97. The van der Waals surface area contributed by atoms with Crippen molar-refractivity contribution in [3.63, 3.8) is 0 Å². The van der Waals surface area contributed by atoms with Crippen molar-refractivity contribution in [1.82, 2.24) is 10.1 Å². The van der Waals surface area contributed by atoms with Crippen LogP contribution < -0.4 is 5.73 Å². The van der Waals surface area contributed by atoms with E-state index in [0.717, 1.165) is 19.3 Å². The number of rotatable bonds is 4. The molecule has 1 saturated carbocycles. The van der Waals surface area contributed by atoms with Gasteiger partial charge >= 0.3 is 0 Å². The zero-order valence-corrected chi connectivity index (χ0v) is 11.4. The summed E-state index contributed by atoms with van der Waals surface area (Å²) in [4.78, 5) is 14.7. The molecule has 21 heavy (non-hydrogen) atoms. The fraction of sp³-hybridized carbons (Fsp3) is 0.385. The van der Waals surface area contributed by atoms with Crippen LogP contribution in [0.4, 0.5) is 11.4 Å². The van der Waals surface area contributed by atoms with E-state index in [1.54, 1.807) is 13.2 Å². The molecular weight excluding hydrogens is 276 g/mol. The number of ether oxygens (including phenoxy) is 1. The molecule has 110 valence electrons. The summed E-state index contributed by atoms with van der Waals surface area (Å²) in [5.41, 5.74) is 5.45. The van der Waals surface area contributed by atoms with Crippen molar-refractivity contribution < 1.29 is 14.2 Å². The highest BCUT2D eigenvalue weighted by atomic mass is 16.6. The van der Waals surface area contributed by atoms with E-state index in [0.29, 0.717) is 11.4 Å². The van der Waals surface area contributed by atoms with E-state index >= 15 is 0 Å². The van der Waals surface area contributed by atoms with Crippen molar-refractivity contribution in [3.8, 4) is 11.5 Å². The third kappa shape index (κ3) is 2.13. The number of nitrogens with zero attached hydrogens (tertiary/aromatic N) is 3. The largest absolute Gasteiger partial charge is 0.393 e. The highest BCUT2D eigenvalue weighted by Gasteiger charge is 2.43. The number of aromatic nitrogens is 2. The van der Waals surface area contributed by atoms with Crippen LogP contribution in [0.3, 0.4) is 0 Å². The minimum Gasteiger partial charge on any atom is -0.393 e. The van der Waals surface area contributed by atoms with E-state index in [2.05, 4.69) is 10.1 Å². The molecule has 1 aliphatic carbocycles. The van der Waals surface area contributed by atoms with Gasteiger partial charge in [-0.1, -0.05) is 5.16 Å². The number of nitrogens with two attached hydrogens (primary N) is 1. The first-order valence-corrected chi connectivity index (χ1v) is 6.49. The van der Waals surface area contributed by atoms with Gasteiger partial charge in [-0.15, -0.1) is 0 Å². The van der Waals surface area contributed by atoms with E-state index < -0.39 is 10.5 Å². The molecule has 0 bridgehead atoms. The highest BCUT2D eigenvalue weighted by molar-refractivity contribution is 5.67. The minimum absolute atomic E-state index is 0.0934. The lowest BCUT2D eigenvalue weighted by molar-refractivity contribution is -0.383. The molecule has 0 amide bonds. The van der Waals surface area contributed by atoms with Gasteiger partial charge in [-0.05, 0) is 31.4 Å². The molecule has 3 rings (SSSR count). The maximum Gasteiger partial charge on any atom is 0.292 e. The Morgan fingerprint density at radius 1 is 1.48 bits per heavy atom. The number of nitro groups is 1. The molecule has 0 radical (unpaired) electrons. The molecule has 8 heteroatoms. The number of nitrogen functional groups attached to an aromatic ring is 1. The van der Waals surface area contributed by atoms with Gasteiger partial charge in [-0.3, -0.25) is 10.1 Å². The predicted molar refractivity (Wildman–Crippen MR) is 73.3 cm³/mol. The van der Waals surface area contributed by atoms with Crippen molar-refractivity contribution in [3.05, 3.63) is 34.1 Å². The molecule has 1 aromatic heterocycles. The highest BCUT2D eigenvalue weighted by Crippen LogP contribution is 2.43. The van der Waals surface area contributed by atoms with Crippen LogP contribution in [0.15, 0.2) is 22.7 Å². The van der Waals surface area contributed by atoms with Gasteiger partial charge in [0.2, 0.25) is 5.82 Å². The Bertz CT molecular complexity index is 688. The molecule has 1 fully saturated rings. The average Bonchev–Trinajstić information content (AvgIpc) is 2.88. The fourth-order valence-corrected chi connectivity index (χ4v) is 2.38. The summed E-state index contributed by atoms with van der Waals surface area (Å²) in [5, 5.41) is 14.9. The van der Waals surface area contributed by atoms with Gasteiger partial charge in [0.05, 0.1) is 4.92 Å². The number of anilines is 1. The molecular formula is C13H14N4O4. The Morgan fingerprint density at radius 3 is 2.81 bits per heavy atom. The molecule has 0 atom stereocenters. The van der Waals surface area contributed by atoms with Gasteiger partial charge in [0.15, 0.2) is 0 Å². The fourth-order valence-electron chi connectivity index (χ4n) is 2.38.